The predicted octanol–water partition coefficient (Wildman–Crippen LogP) is 2.54. The number of nitrogens with zero attached hydrogens (tertiary/aromatic N) is 6. The molecule has 1 saturated carbocycles. The number of anilines is 1. The lowest BCUT2D eigenvalue weighted by atomic mass is 9.89. The summed E-state index contributed by atoms with van der Waals surface area (Å²) in [6.07, 6.45) is 14.0. The Morgan fingerprint density at radius 1 is 1.13 bits per heavy atom. The van der Waals surface area contributed by atoms with Crippen molar-refractivity contribution in [3.63, 3.8) is 0 Å². The van der Waals surface area contributed by atoms with Crippen molar-refractivity contribution in [1.29, 1.82) is 0 Å². The van der Waals surface area contributed by atoms with Gasteiger partial charge in [-0.3, -0.25) is 4.68 Å². The Morgan fingerprint density at radius 2 is 2.00 bits per heavy atom. The predicted molar refractivity (Wildman–Crippen MR) is 88.5 cm³/mol. The zero-order valence-electron chi connectivity index (χ0n) is 13.3. The molecule has 7 heteroatoms. The SMILES string of the molecule is Cn1cc(-n2ncc3cnc(NCC4CCCCC4)nc32)cn1. The van der Waals surface area contributed by atoms with E-state index >= 15 is 0 Å². The Labute approximate surface area is 134 Å². The molecule has 0 saturated heterocycles. The lowest BCUT2D eigenvalue weighted by Crippen LogP contribution is -2.18. The zero-order chi connectivity index (χ0) is 15.6. The van der Waals surface area contributed by atoms with Crippen LogP contribution in [0.15, 0.2) is 24.8 Å². The first-order valence-corrected chi connectivity index (χ1v) is 8.23. The standard InChI is InChI=1S/C16H21N7/c1-22-11-14(10-19-22)23-15-13(9-20-23)8-18-16(21-15)17-7-12-5-3-2-4-6-12/h8-12H,2-7H2,1H3,(H,17,18,21). The third kappa shape index (κ3) is 2.91. The van der Waals surface area contributed by atoms with E-state index in [1.165, 1.54) is 32.1 Å². The first-order chi connectivity index (χ1) is 11.3. The van der Waals surface area contributed by atoms with Crippen LogP contribution in [0, 0.1) is 5.92 Å². The van der Waals surface area contributed by atoms with Crippen molar-refractivity contribution in [2.45, 2.75) is 32.1 Å². The van der Waals surface area contributed by atoms with E-state index < -0.39 is 0 Å². The molecule has 0 radical (unpaired) electrons. The maximum absolute atomic E-state index is 4.65. The molecule has 0 unspecified atom stereocenters. The van der Waals surface area contributed by atoms with Gasteiger partial charge in [0.2, 0.25) is 5.95 Å². The summed E-state index contributed by atoms with van der Waals surface area (Å²) in [5.41, 5.74) is 1.71. The van der Waals surface area contributed by atoms with E-state index in [4.69, 9.17) is 0 Å². The van der Waals surface area contributed by atoms with E-state index in [0.29, 0.717) is 5.95 Å². The minimum atomic E-state index is 0.675. The fourth-order valence-electron chi connectivity index (χ4n) is 3.24. The van der Waals surface area contributed by atoms with E-state index in [1.54, 1.807) is 21.8 Å². The molecule has 120 valence electrons. The second-order valence-corrected chi connectivity index (χ2v) is 6.29. The summed E-state index contributed by atoms with van der Waals surface area (Å²) >= 11 is 0. The molecule has 3 aromatic rings. The maximum atomic E-state index is 4.65. The Kier molecular flexibility index (Phi) is 3.69. The van der Waals surface area contributed by atoms with Crippen LogP contribution in [0.2, 0.25) is 0 Å². The second-order valence-electron chi connectivity index (χ2n) is 6.29. The van der Waals surface area contributed by atoms with Gasteiger partial charge in [0, 0.05) is 19.8 Å². The van der Waals surface area contributed by atoms with E-state index in [0.717, 1.165) is 29.2 Å². The van der Waals surface area contributed by atoms with Crippen LogP contribution in [0.4, 0.5) is 5.95 Å². The van der Waals surface area contributed by atoms with Gasteiger partial charge in [-0.1, -0.05) is 19.3 Å². The second kappa shape index (κ2) is 5.98. The fraction of sp³-hybridized carbons (Fsp3) is 0.500. The summed E-state index contributed by atoms with van der Waals surface area (Å²) < 4.78 is 3.56. The highest BCUT2D eigenvalue weighted by molar-refractivity contribution is 5.76. The molecule has 0 aromatic carbocycles. The summed E-state index contributed by atoms with van der Waals surface area (Å²) in [7, 11) is 1.89. The lowest BCUT2D eigenvalue weighted by molar-refractivity contribution is 0.373. The fourth-order valence-corrected chi connectivity index (χ4v) is 3.24. The van der Waals surface area contributed by atoms with Gasteiger partial charge >= 0.3 is 0 Å². The molecule has 3 heterocycles. The van der Waals surface area contributed by atoms with Crippen molar-refractivity contribution < 1.29 is 0 Å². The van der Waals surface area contributed by atoms with Gasteiger partial charge in [0.25, 0.3) is 0 Å². The van der Waals surface area contributed by atoms with E-state index in [9.17, 15) is 0 Å². The smallest absolute Gasteiger partial charge is 0.224 e. The van der Waals surface area contributed by atoms with Crippen LogP contribution in [0.25, 0.3) is 16.7 Å². The molecule has 4 rings (SSSR count). The number of aromatic nitrogens is 6. The summed E-state index contributed by atoms with van der Waals surface area (Å²) in [5.74, 6) is 1.42. The van der Waals surface area contributed by atoms with Crippen molar-refractivity contribution in [3.05, 3.63) is 24.8 Å². The number of hydrogen-bond donors (Lipinski definition) is 1. The Bertz CT molecular complexity index is 798. The van der Waals surface area contributed by atoms with Crippen molar-refractivity contribution in [1.82, 2.24) is 29.5 Å². The van der Waals surface area contributed by atoms with Gasteiger partial charge in [0.1, 0.15) is 5.69 Å². The molecule has 3 aromatic heterocycles. The molecule has 7 nitrogen and oxygen atoms in total. The van der Waals surface area contributed by atoms with Crippen molar-refractivity contribution >= 4 is 17.0 Å². The quantitative estimate of drug-likeness (QED) is 0.801. The van der Waals surface area contributed by atoms with E-state index in [2.05, 4.69) is 25.5 Å². The van der Waals surface area contributed by atoms with Crippen molar-refractivity contribution in [2.75, 3.05) is 11.9 Å². The van der Waals surface area contributed by atoms with E-state index in [1.807, 2.05) is 19.4 Å². The summed E-state index contributed by atoms with van der Waals surface area (Å²) in [6.45, 7) is 0.951. The highest BCUT2D eigenvalue weighted by atomic mass is 15.3. The van der Waals surface area contributed by atoms with Gasteiger partial charge < -0.3 is 5.32 Å². The summed E-state index contributed by atoms with van der Waals surface area (Å²) in [4.78, 5) is 9.05. The third-order valence-corrected chi connectivity index (χ3v) is 4.52. The molecule has 1 fully saturated rings. The van der Waals surface area contributed by atoms with Crippen molar-refractivity contribution in [3.8, 4) is 5.69 Å². The van der Waals surface area contributed by atoms with Gasteiger partial charge in [-0.05, 0) is 18.8 Å². The van der Waals surface area contributed by atoms with Crippen LogP contribution >= 0.6 is 0 Å². The van der Waals surface area contributed by atoms with Gasteiger partial charge in [-0.15, -0.1) is 0 Å². The number of fused-ring (bicyclic) bond motifs is 1. The van der Waals surface area contributed by atoms with Crippen LogP contribution in [0.3, 0.4) is 0 Å². The highest BCUT2D eigenvalue weighted by Crippen LogP contribution is 2.24. The highest BCUT2D eigenvalue weighted by Gasteiger charge is 2.14. The minimum Gasteiger partial charge on any atom is -0.354 e. The van der Waals surface area contributed by atoms with Gasteiger partial charge in [0.15, 0.2) is 5.65 Å². The lowest BCUT2D eigenvalue weighted by Gasteiger charge is -2.21. The average Bonchev–Trinajstić information content (AvgIpc) is 3.19. The monoisotopic (exact) mass is 311 g/mol. The molecule has 0 bridgehead atoms. The molecule has 0 atom stereocenters. The first-order valence-electron chi connectivity index (χ1n) is 8.23. The maximum Gasteiger partial charge on any atom is 0.224 e. The average molecular weight is 311 g/mol. The number of rotatable bonds is 4. The van der Waals surface area contributed by atoms with Crippen LogP contribution in [-0.4, -0.2) is 36.1 Å². The Hall–Kier alpha value is -2.44. The molecule has 1 aliphatic rings. The van der Waals surface area contributed by atoms with Gasteiger partial charge in [-0.25, -0.2) is 9.67 Å². The Morgan fingerprint density at radius 3 is 2.78 bits per heavy atom. The van der Waals surface area contributed by atoms with Gasteiger partial charge in [-0.2, -0.15) is 15.2 Å². The first kappa shape index (κ1) is 14.2. The molecule has 1 aliphatic carbocycles. The zero-order valence-corrected chi connectivity index (χ0v) is 13.3. The number of nitrogens with one attached hydrogen (secondary N) is 1. The number of hydrogen-bond acceptors (Lipinski definition) is 5. The Balaban J connectivity index is 1.56. The molecule has 23 heavy (non-hydrogen) atoms. The number of aryl methyl sites for hydroxylation is 1. The normalized spacial score (nSPS) is 16.0. The topological polar surface area (TPSA) is 73.5 Å². The van der Waals surface area contributed by atoms with Crippen LogP contribution < -0.4 is 5.32 Å². The van der Waals surface area contributed by atoms with E-state index in [-0.39, 0.29) is 0 Å². The largest absolute Gasteiger partial charge is 0.354 e. The third-order valence-electron chi connectivity index (χ3n) is 4.52. The molecule has 0 aliphatic heterocycles. The molecular formula is C16H21N7. The van der Waals surface area contributed by atoms with Crippen LogP contribution in [0.1, 0.15) is 32.1 Å². The minimum absolute atomic E-state index is 0.675. The summed E-state index contributed by atoms with van der Waals surface area (Å²) in [6, 6.07) is 0. The molecule has 0 spiro atoms. The molecule has 0 amide bonds. The summed E-state index contributed by atoms with van der Waals surface area (Å²) in [5, 5.41) is 12.9. The van der Waals surface area contributed by atoms with Crippen LogP contribution in [0.5, 0.6) is 0 Å². The van der Waals surface area contributed by atoms with Crippen LogP contribution in [-0.2, 0) is 7.05 Å². The molecular weight excluding hydrogens is 290 g/mol. The van der Waals surface area contributed by atoms with Gasteiger partial charge in [0.05, 0.1) is 24.0 Å². The molecule has 1 N–H and O–H groups in total. The van der Waals surface area contributed by atoms with Crippen molar-refractivity contribution in [2.24, 2.45) is 13.0 Å².